The summed E-state index contributed by atoms with van der Waals surface area (Å²) < 4.78 is 0. The number of hydrogen-bond acceptors (Lipinski definition) is 0. The number of benzene rings is 4. The minimum absolute atomic E-state index is 1.14. The van der Waals surface area contributed by atoms with Gasteiger partial charge in [0, 0.05) is 0 Å². The molecule has 0 aliphatic heterocycles. The topological polar surface area (TPSA) is 0 Å². The number of hydrogen-bond donors (Lipinski definition) is 0. The molecule has 4 aromatic carbocycles. The largest absolute Gasteiger partial charge is 0.0622 e. The van der Waals surface area contributed by atoms with E-state index in [2.05, 4.69) is 115 Å². The highest BCUT2D eigenvalue weighted by atomic mass is 14.1. The van der Waals surface area contributed by atoms with Gasteiger partial charge in [-0.05, 0) is 51.6 Å². The van der Waals surface area contributed by atoms with Crippen LogP contribution in [0.25, 0.3) is 36.5 Å². The minimum Gasteiger partial charge on any atom is -0.0622 e. The number of rotatable bonds is 6. The van der Waals surface area contributed by atoms with Crippen molar-refractivity contribution in [1.29, 1.82) is 0 Å². The summed E-state index contributed by atoms with van der Waals surface area (Å²) in [6.07, 6.45) is 13.0. The Morgan fingerprint density at radius 2 is 0.767 bits per heavy atom. The summed E-state index contributed by atoms with van der Waals surface area (Å²) in [7, 11) is 0. The molecular formula is C30H23. The Bertz CT molecular complexity index is 1080. The molecule has 1 radical (unpaired) electrons. The molecule has 0 heterocycles. The second-order valence-electron chi connectivity index (χ2n) is 7.01. The average Bonchev–Trinajstić information content (AvgIpc) is 2.82. The van der Waals surface area contributed by atoms with Crippen LogP contribution in [0.1, 0.15) is 33.4 Å². The van der Waals surface area contributed by atoms with Gasteiger partial charge in [-0.3, -0.25) is 0 Å². The summed E-state index contributed by atoms with van der Waals surface area (Å²) in [4.78, 5) is 0. The van der Waals surface area contributed by atoms with E-state index < -0.39 is 0 Å². The first kappa shape index (κ1) is 19.4. The van der Waals surface area contributed by atoms with Crippen molar-refractivity contribution in [3.05, 3.63) is 143 Å². The standard InChI is InChI=1S/C30H23/c1-4-11-25(12-5-1)19-22-28-17-10-18-29(23-20-26-13-6-2-7-14-26)30(28)24-21-27-15-8-3-9-16-27/h1-9,11-24H/b22-19+,23-20+,24-21+. The zero-order chi connectivity index (χ0) is 20.4. The molecule has 0 spiro atoms. The van der Waals surface area contributed by atoms with Crippen molar-refractivity contribution in [2.75, 3.05) is 0 Å². The molecule has 143 valence electrons. The zero-order valence-electron chi connectivity index (χ0n) is 16.8. The Kier molecular flexibility index (Phi) is 6.50. The summed E-state index contributed by atoms with van der Waals surface area (Å²) in [5, 5.41) is 0. The van der Waals surface area contributed by atoms with E-state index in [1.165, 1.54) is 22.3 Å². The van der Waals surface area contributed by atoms with Gasteiger partial charge in [0.2, 0.25) is 0 Å². The Labute approximate surface area is 179 Å². The van der Waals surface area contributed by atoms with Crippen molar-refractivity contribution in [1.82, 2.24) is 0 Å². The van der Waals surface area contributed by atoms with Crippen LogP contribution in [-0.2, 0) is 0 Å². The normalized spacial score (nSPS) is 11.6. The van der Waals surface area contributed by atoms with Crippen molar-refractivity contribution < 1.29 is 0 Å². The van der Waals surface area contributed by atoms with Crippen LogP contribution in [0.5, 0.6) is 0 Å². The maximum absolute atomic E-state index is 3.30. The van der Waals surface area contributed by atoms with E-state index in [1.54, 1.807) is 0 Å². The van der Waals surface area contributed by atoms with Gasteiger partial charge in [0.05, 0.1) is 0 Å². The van der Waals surface area contributed by atoms with Crippen LogP contribution in [-0.4, -0.2) is 0 Å². The van der Waals surface area contributed by atoms with Gasteiger partial charge in [-0.15, -0.1) is 0 Å². The SMILES string of the molecule is [c]1cc(/C=C/c2ccccc2)c(/C=C/c2ccccc2)c(/C=C/c2ccccc2)c1. The van der Waals surface area contributed by atoms with Crippen LogP contribution in [0.3, 0.4) is 0 Å². The molecule has 0 saturated heterocycles. The molecular weight excluding hydrogens is 360 g/mol. The summed E-state index contributed by atoms with van der Waals surface area (Å²) in [6, 6.07) is 38.5. The molecule has 0 fully saturated rings. The fourth-order valence-electron chi connectivity index (χ4n) is 3.26. The molecule has 0 N–H and O–H groups in total. The highest BCUT2D eigenvalue weighted by Crippen LogP contribution is 2.23. The third-order valence-corrected chi connectivity index (χ3v) is 4.85. The van der Waals surface area contributed by atoms with E-state index in [9.17, 15) is 0 Å². The Morgan fingerprint density at radius 1 is 0.400 bits per heavy atom. The third-order valence-electron chi connectivity index (χ3n) is 4.85. The van der Waals surface area contributed by atoms with Gasteiger partial charge in [-0.1, -0.05) is 127 Å². The van der Waals surface area contributed by atoms with Crippen LogP contribution in [0.2, 0.25) is 0 Å². The molecule has 0 heteroatoms. The molecule has 4 aromatic rings. The zero-order valence-corrected chi connectivity index (χ0v) is 16.8. The quantitative estimate of drug-likeness (QED) is 0.296. The van der Waals surface area contributed by atoms with Crippen LogP contribution in [0.15, 0.2) is 103 Å². The highest BCUT2D eigenvalue weighted by molar-refractivity contribution is 5.85. The molecule has 0 nitrogen and oxygen atoms in total. The van der Waals surface area contributed by atoms with E-state index in [-0.39, 0.29) is 0 Å². The molecule has 0 unspecified atom stereocenters. The minimum atomic E-state index is 1.14. The summed E-state index contributed by atoms with van der Waals surface area (Å²) >= 11 is 0. The van der Waals surface area contributed by atoms with Gasteiger partial charge in [-0.25, -0.2) is 0 Å². The molecule has 0 aliphatic rings. The van der Waals surface area contributed by atoms with Crippen molar-refractivity contribution in [2.24, 2.45) is 0 Å². The molecule has 0 bridgehead atoms. The van der Waals surface area contributed by atoms with E-state index in [1.807, 2.05) is 30.3 Å². The van der Waals surface area contributed by atoms with Gasteiger partial charge >= 0.3 is 0 Å². The van der Waals surface area contributed by atoms with Gasteiger partial charge < -0.3 is 0 Å². The van der Waals surface area contributed by atoms with Gasteiger partial charge in [0.1, 0.15) is 0 Å². The Balaban J connectivity index is 1.72. The van der Waals surface area contributed by atoms with Crippen LogP contribution < -0.4 is 0 Å². The molecule has 30 heavy (non-hydrogen) atoms. The van der Waals surface area contributed by atoms with Crippen LogP contribution in [0.4, 0.5) is 0 Å². The lowest BCUT2D eigenvalue weighted by Crippen LogP contribution is -1.87. The average molecular weight is 384 g/mol. The first-order valence-electron chi connectivity index (χ1n) is 10.1. The fourth-order valence-corrected chi connectivity index (χ4v) is 3.26. The predicted octanol–water partition coefficient (Wildman–Crippen LogP) is 8.00. The fraction of sp³-hybridized carbons (Fsp3) is 0. The Morgan fingerprint density at radius 3 is 1.17 bits per heavy atom. The first-order chi connectivity index (χ1) is 14.9. The highest BCUT2D eigenvalue weighted by Gasteiger charge is 2.02. The molecule has 0 saturated carbocycles. The van der Waals surface area contributed by atoms with Crippen LogP contribution in [0, 0.1) is 6.07 Å². The van der Waals surface area contributed by atoms with E-state index in [0.717, 1.165) is 11.1 Å². The summed E-state index contributed by atoms with van der Waals surface area (Å²) in [6.45, 7) is 0. The van der Waals surface area contributed by atoms with E-state index in [0.29, 0.717) is 0 Å². The van der Waals surface area contributed by atoms with Crippen LogP contribution >= 0.6 is 0 Å². The molecule has 0 atom stereocenters. The smallest absolute Gasteiger partial charge is 0.0111 e. The van der Waals surface area contributed by atoms with Gasteiger partial charge in [-0.2, -0.15) is 0 Å². The maximum Gasteiger partial charge on any atom is -0.0111 e. The summed E-state index contributed by atoms with van der Waals surface area (Å²) in [5.41, 5.74) is 7.00. The van der Waals surface area contributed by atoms with E-state index >= 15 is 0 Å². The second kappa shape index (κ2) is 10.0. The van der Waals surface area contributed by atoms with Crippen molar-refractivity contribution in [3.63, 3.8) is 0 Å². The van der Waals surface area contributed by atoms with Gasteiger partial charge in [0.15, 0.2) is 0 Å². The van der Waals surface area contributed by atoms with Crippen molar-refractivity contribution in [2.45, 2.75) is 0 Å². The first-order valence-corrected chi connectivity index (χ1v) is 10.1. The van der Waals surface area contributed by atoms with Crippen molar-refractivity contribution >= 4 is 36.5 Å². The monoisotopic (exact) mass is 383 g/mol. The Hall–Kier alpha value is -3.90. The lowest BCUT2D eigenvalue weighted by atomic mass is 9.97. The second-order valence-corrected chi connectivity index (χ2v) is 7.01. The van der Waals surface area contributed by atoms with Crippen molar-refractivity contribution in [3.8, 4) is 0 Å². The predicted molar refractivity (Wildman–Crippen MR) is 131 cm³/mol. The lowest BCUT2D eigenvalue weighted by Gasteiger charge is -2.07. The van der Waals surface area contributed by atoms with Gasteiger partial charge in [0.25, 0.3) is 0 Å². The molecule has 4 rings (SSSR count). The molecule has 0 aromatic heterocycles. The third kappa shape index (κ3) is 5.33. The lowest BCUT2D eigenvalue weighted by molar-refractivity contribution is 1.56. The molecule has 0 aliphatic carbocycles. The summed E-state index contributed by atoms with van der Waals surface area (Å²) in [5.74, 6) is 0. The van der Waals surface area contributed by atoms with E-state index in [4.69, 9.17) is 0 Å². The molecule has 0 amide bonds. The maximum atomic E-state index is 3.30.